The molecule has 5 heteroatoms. The Labute approximate surface area is 131 Å². The number of carbonyl (C=O) groups excluding carboxylic acids is 1. The molecule has 3 rings (SSSR count). The number of amides is 1. The Morgan fingerprint density at radius 2 is 2.19 bits per heavy atom. The van der Waals surface area contributed by atoms with Crippen LogP contribution in [-0.2, 0) is 11.3 Å². The number of nitrogens with one attached hydrogen (secondary N) is 1. The van der Waals surface area contributed by atoms with Crippen molar-refractivity contribution < 1.29 is 4.79 Å². The summed E-state index contributed by atoms with van der Waals surface area (Å²) < 4.78 is 0. The molecule has 0 spiro atoms. The molecule has 1 amide bonds. The zero-order valence-corrected chi connectivity index (χ0v) is 13.4. The monoisotopic (exact) mass is 307 g/mol. The molecule has 2 aliphatic rings. The smallest absolute Gasteiger partial charge is 0.236 e. The fraction of sp³-hybridized carbons (Fsp3) is 0.688. The molecular weight excluding hydrogens is 282 g/mol. The van der Waals surface area contributed by atoms with E-state index in [0.29, 0.717) is 6.54 Å². The summed E-state index contributed by atoms with van der Waals surface area (Å²) in [6, 6.07) is 4.31. The van der Waals surface area contributed by atoms with Gasteiger partial charge in [-0.25, -0.2) is 0 Å². The molecule has 1 aliphatic heterocycles. The van der Waals surface area contributed by atoms with Crippen LogP contribution in [0.5, 0.6) is 0 Å². The van der Waals surface area contributed by atoms with Crippen molar-refractivity contribution in [2.75, 3.05) is 39.3 Å². The normalized spacial score (nSPS) is 20.5. The highest BCUT2D eigenvalue weighted by atomic mass is 32.1. The van der Waals surface area contributed by atoms with Crippen molar-refractivity contribution in [1.82, 2.24) is 15.1 Å². The Kier molecular flexibility index (Phi) is 5.27. The zero-order chi connectivity index (χ0) is 14.5. The molecule has 116 valence electrons. The van der Waals surface area contributed by atoms with Gasteiger partial charge in [0.05, 0.1) is 6.54 Å². The second kappa shape index (κ2) is 7.38. The molecule has 2 fully saturated rings. The summed E-state index contributed by atoms with van der Waals surface area (Å²) >= 11 is 1.82. The Morgan fingerprint density at radius 1 is 1.29 bits per heavy atom. The number of thiophene rings is 1. The fourth-order valence-corrected chi connectivity index (χ4v) is 3.56. The van der Waals surface area contributed by atoms with Gasteiger partial charge in [-0.05, 0) is 43.2 Å². The molecule has 0 aromatic carbocycles. The number of carbonyl (C=O) groups is 1. The minimum Gasteiger partial charge on any atom is -0.340 e. The second-order valence-corrected chi connectivity index (χ2v) is 7.20. The molecule has 4 nitrogen and oxygen atoms in total. The van der Waals surface area contributed by atoms with Crippen LogP contribution in [0.4, 0.5) is 0 Å². The number of hydrogen-bond acceptors (Lipinski definition) is 4. The van der Waals surface area contributed by atoms with Gasteiger partial charge in [-0.15, -0.1) is 11.3 Å². The van der Waals surface area contributed by atoms with Crippen LogP contribution in [0.3, 0.4) is 0 Å². The summed E-state index contributed by atoms with van der Waals surface area (Å²) in [5, 5.41) is 5.44. The van der Waals surface area contributed by atoms with E-state index in [-0.39, 0.29) is 5.91 Å². The van der Waals surface area contributed by atoms with Crippen molar-refractivity contribution in [2.24, 2.45) is 5.92 Å². The van der Waals surface area contributed by atoms with Crippen molar-refractivity contribution in [1.29, 1.82) is 0 Å². The molecule has 1 N–H and O–H groups in total. The first-order valence-corrected chi connectivity index (χ1v) is 8.92. The molecule has 1 aliphatic carbocycles. The van der Waals surface area contributed by atoms with Gasteiger partial charge in [-0.2, -0.15) is 0 Å². The molecule has 0 bridgehead atoms. The van der Waals surface area contributed by atoms with Crippen LogP contribution >= 0.6 is 11.3 Å². The van der Waals surface area contributed by atoms with Gasteiger partial charge in [0, 0.05) is 37.6 Å². The number of rotatable bonds is 6. The standard InChI is InChI=1S/C16H25N3OS/c20-16(12-17-11-14-4-5-14)19-7-2-6-18(8-9-19)13-15-3-1-10-21-15/h1,3,10,14,17H,2,4-9,11-13H2. The maximum atomic E-state index is 12.2. The largest absolute Gasteiger partial charge is 0.340 e. The van der Waals surface area contributed by atoms with Crippen LogP contribution in [0.25, 0.3) is 0 Å². The van der Waals surface area contributed by atoms with Gasteiger partial charge < -0.3 is 10.2 Å². The molecule has 2 heterocycles. The summed E-state index contributed by atoms with van der Waals surface area (Å²) in [5.41, 5.74) is 0. The van der Waals surface area contributed by atoms with E-state index < -0.39 is 0 Å². The molecule has 0 radical (unpaired) electrons. The summed E-state index contributed by atoms with van der Waals surface area (Å²) in [4.78, 5) is 18.1. The highest BCUT2D eigenvalue weighted by Gasteiger charge is 2.22. The Bertz CT molecular complexity index is 444. The third kappa shape index (κ3) is 4.80. The SMILES string of the molecule is O=C(CNCC1CC1)N1CCCN(Cc2cccs2)CC1. The quantitative estimate of drug-likeness (QED) is 0.870. The highest BCUT2D eigenvalue weighted by Crippen LogP contribution is 2.27. The first kappa shape index (κ1) is 15.0. The van der Waals surface area contributed by atoms with E-state index in [4.69, 9.17) is 0 Å². The molecule has 21 heavy (non-hydrogen) atoms. The second-order valence-electron chi connectivity index (χ2n) is 6.16. The Balaban J connectivity index is 1.40. The van der Waals surface area contributed by atoms with Crippen LogP contribution < -0.4 is 5.32 Å². The van der Waals surface area contributed by atoms with Crippen LogP contribution in [0, 0.1) is 5.92 Å². The van der Waals surface area contributed by atoms with Gasteiger partial charge in [-0.1, -0.05) is 6.07 Å². The third-order valence-electron chi connectivity index (χ3n) is 4.31. The van der Waals surface area contributed by atoms with E-state index in [2.05, 4.69) is 27.7 Å². The topological polar surface area (TPSA) is 35.6 Å². The summed E-state index contributed by atoms with van der Waals surface area (Å²) in [6.45, 7) is 6.43. The highest BCUT2D eigenvalue weighted by molar-refractivity contribution is 7.09. The first-order valence-electron chi connectivity index (χ1n) is 8.04. The summed E-state index contributed by atoms with van der Waals surface area (Å²) in [7, 11) is 0. The molecule has 0 unspecified atom stereocenters. The van der Waals surface area contributed by atoms with Gasteiger partial charge in [0.25, 0.3) is 0 Å². The lowest BCUT2D eigenvalue weighted by Crippen LogP contribution is -2.40. The van der Waals surface area contributed by atoms with Crippen molar-refractivity contribution >= 4 is 17.2 Å². The van der Waals surface area contributed by atoms with E-state index in [0.717, 1.165) is 51.6 Å². The van der Waals surface area contributed by atoms with Gasteiger partial charge in [0.2, 0.25) is 5.91 Å². The number of nitrogens with zero attached hydrogens (tertiary/aromatic N) is 2. The lowest BCUT2D eigenvalue weighted by Gasteiger charge is -2.22. The predicted molar refractivity (Wildman–Crippen MR) is 86.4 cm³/mol. The molecule has 0 atom stereocenters. The van der Waals surface area contributed by atoms with Crippen molar-refractivity contribution in [3.05, 3.63) is 22.4 Å². The van der Waals surface area contributed by atoms with Crippen molar-refractivity contribution in [2.45, 2.75) is 25.8 Å². The van der Waals surface area contributed by atoms with E-state index >= 15 is 0 Å². The number of hydrogen-bond donors (Lipinski definition) is 1. The molecule has 1 aromatic heterocycles. The lowest BCUT2D eigenvalue weighted by atomic mass is 10.3. The lowest BCUT2D eigenvalue weighted by molar-refractivity contribution is -0.130. The average molecular weight is 307 g/mol. The Morgan fingerprint density at radius 3 is 2.95 bits per heavy atom. The van der Waals surface area contributed by atoms with Gasteiger partial charge in [0.15, 0.2) is 0 Å². The average Bonchev–Trinajstić information content (AvgIpc) is 3.21. The minimum absolute atomic E-state index is 0.272. The molecule has 1 saturated heterocycles. The summed E-state index contributed by atoms with van der Waals surface area (Å²) in [6.07, 6.45) is 3.75. The molecular formula is C16H25N3OS. The van der Waals surface area contributed by atoms with Crippen molar-refractivity contribution in [3.63, 3.8) is 0 Å². The van der Waals surface area contributed by atoms with E-state index in [9.17, 15) is 4.79 Å². The van der Waals surface area contributed by atoms with Crippen LogP contribution in [-0.4, -0.2) is 55.0 Å². The van der Waals surface area contributed by atoms with Gasteiger partial charge in [0.1, 0.15) is 0 Å². The fourth-order valence-electron chi connectivity index (χ4n) is 2.82. The minimum atomic E-state index is 0.272. The van der Waals surface area contributed by atoms with Crippen LogP contribution in [0.15, 0.2) is 17.5 Å². The van der Waals surface area contributed by atoms with E-state index in [1.165, 1.54) is 17.7 Å². The zero-order valence-electron chi connectivity index (χ0n) is 12.6. The van der Waals surface area contributed by atoms with Gasteiger partial charge in [-0.3, -0.25) is 9.69 Å². The summed E-state index contributed by atoms with van der Waals surface area (Å²) in [5.74, 6) is 1.11. The third-order valence-corrected chi connectivity index (χ3v) is 5.17. The maximum absolute atomic E-state index is 12.2. The molecule has 1 aromatic rings. The maximum Gasteiger partial charge on any atom is 0.236 e. The molecule has 1 saturated carbocycles. The van der Waals surface area contributed by atoms with Crippen LogP contribution in [0.2, 0.25) is 0 Å². The van der Waals surface area contributed by atoms with E-state index in [1.54, 1.807) is 0 Å². The first-order chi connectivity index (χ1) is 10.3. The van der Waals surface area contributed by atoms with Crippen molar-refractivity contribution in [3.8, 4) is 0 Å². The van der Waals surface area contributed by atoms with Gasteiger partial charge >= 0.3 is 0 Å². The van der Waals surface area contributed by atoms with E-state index in [1.807, 2.05) is 16.2 Å². The predicted octanol–water partition coefficient (Wildman–Crippen LogP) is 1.78. The Hall–Kier alpha value is -0.910. The van der Waals surface area contributed by atoms with Crippen LogP contribution in [0.1, 0.15) is 24.1 Å².